The van der Waals surface area contributed by atoms with E-state index in [1.54, 1.807) is 0 Å². The molecule has 0 fully saturated rings. The molecule has 0 saturated carbocycles. The second-order valence-electron chi connectivity index (χ2n) is 8.89. The molecule has 5 aromatic carbocycles. The van der Waals surface area contributed by atoms with Gasteiger partial charge in [0, 0.05) is 15.9 Å². The molecule has 0 aliphatic carbocycles. The minimum Gasteiger partial charge on any atom is -0.286 e. The Bertz CT molecular complexity index is 1260. The van der Waals surface area contributed by atoms with E-state index in [9.17, 15) is 0 Å². The molecule has 0 aromatic heterocycles. The molecular formula is C33H31NP2. The minimum absolute atomic E-state index is 0.172. The van der Waals surface area contributed by atoms with Crippen molar-refractivity contribution in [3.8, 4) is 0 Å². The first kappa shape index (κ1) is 24.5. The quantitative estimate of drug-likeness (QED) is 0.209. The Morgan fingerprint density at radius 3 is 1.14 bits per heavy atom. The van der Waals surface area contributed by atoms with Gasteiger partial charge in [-0.2, -0.15) is 0 Å². The first-order chi connectivity index (χ1) is 17.8. The lowest BCUT2D eigenvalue weighted by molar-refractivity contribution is 0.858. The molecule has 0 amide bonds. The second-order valence-corrected chi connectivity index (χ2v) is 14.2. The van der Waals surface area contributed by atoms with Gasteiger partial charge in [0.1, 0.15) is 0 Å². The lowest BCUT2D eigenvalue weighted by atomic mass is 10.4. The maximum atomic E-state index is 5.84. The van der Waals surface area contributed by atoms with Gasteiger partial charge >= 0.3 is 0 Å². The van der Waals surface area contributed by atoms with E-state index in [4.69, 9.17) is 4.74 Å². The lowest BCUT2D eigenvalue weighted by Gasteiger charge is -2.30. The van der Waals surface area contributed by atoms with Gasteiger partial charge in [0.25, 0.3) is 0 Å². The van der Waals surface area contributed by atoms with Gasteiger partial charge in [-0.1, -0.05) is 152 Å². The molecule has 0 aliphatic rings. The zero-order chi connectivity index (χ0) is 24.6. The molecule has 5 rings (SSSR count). The maximum absolute atomic E-state index is 5.84. The van der Waals surface area contributed by atoms with Crippen LogP contribution in [0.5, 0.6) is 0 Å². The molecule has 3 heteroatoms. The lowest BCUT2D eigenvalue weighted by Crippen LogP contribution is -2.27. The van der Waals surface area contributed by atoms with Crippen LogP contribution in [-0.4, -0.2) is 12.2 Å². The van der Waals surface area contributed by atoms with Crippen molar-refractivity contribution >= 4 is 41.5 Å². The zero-order valence-corrected chi connectivity index (χ0v) is 22.3. The highest BCUT2D eigenvalue weighted by atomic mass is 31.2. The summed E-state index contributed by atoms with van der Waals surface area (Å²) in [5.41, 5.74) is 0. The predicted octanol–water partition coefficient (Wildman–Crippen LogP) is 6.69. The molecule has 0 spiro atoms. The summed E-state index contributed by atoms with van der Waals surface area (Å²) in [5, 5.41) is 6.72. The Labute approximate surface area is 216 Å². The van der Waals surface area contributed by atoms with Crippen LogP contribution in [0.4, 0.5) is 0 Å². The Balaban J connectivity index is 1.68. The largest absolute Gasteiger partial charge is 0.286 e. The summed E-state index contributed by atoms with van der Waals surface area (Å²) in [6.45, 7) is 2.31. The average Bonchev–Trinajstić information content (AvgIpc) is 2.97. The molecule has 0 heterocycles. The summed E-state index contributed by atoms with van der Waals surface area (Å²) in [5.74, 6) is 0. The van der Waals surface area contributed by atoms with E-state index >= 15 is 0 Å². The topological polar surface area (TPSA) is 12.4 Å². The molecule has 5 aromatic rings. The highest BCUT2D eigenvalue weighted by molar-refractivity contribution is 7.87. The summed E-state index contributed by atoms with van der Waals surface area (Å²) in [6, 6.07) is 54.9. The average molecular weight is 504 g/mol. The predicted molar refractivity (Wildman–Crippen MR) is 161 cm³/mol. The summed E-state index contributed by atoms with van der Waals surface area (Å²) in [6.07, 6.45) is 1.01. The number of hydrogen-bond acceptors (Lipinski definition) is 1. The van der Waals surface area contributed by atoms with E-state index in [2.05, 4.69) is 159 Å². The minimum atomic E-state index is -2.21. The standard InChI is InChI=1S/C33H31NP2/c1-28(27-35(29-17-7-2-8-18-29)30-19-9-3-10-20-30)34-36(31-21-11-4-12-22-31,32-23-13-5-14-24-32)33-25-15-6-16-26-33/h2-26,28H,27H2,1H3. The Hall–Kier alpha value is -3.24. The highest BCUT2D eigenvalue weighted by Gasteiger charge is 2.28. The van der Waals surface area contributed by atoms with E-state index in [1.165, 1.54) is 26.5 Å². The van der Waals surface area contributed by atoms with Crippen molar-refractivity contribution in [3.63, 3.8) is 0 Å². The van der Waals surface area contributed by atoms with Crippen molar-refractivity contribution in [2.45, 2.75) is 13.0 Å². The van der Waals surface area contributed by atoms with E-state index < -0.39 is 15.0 Å². The Kier molecular flexibility index (Phi) is 7.92. The first-order valence-corrected chi connectivity index (χ1v) is 15.7. The van der Waals surface area contributed by atoms with Crippen LogP contribution in [0.15, 0.2) is 156 Å². The fourth-order valence-corrected chi connectivity index (χ4v) is 11.1. The Morgan fingerprint density at radius 1 is 0.500 bits per heavy atom. The van der Waals surface area contributed by atoms with Crippen LogP contribution in [0.25, 0.3) is 0 Å². The van der Waals surface area contributed by atoms with Crippen molar-refractivity contribution < 1.29 is 0 Å². The molecule has 1 unspecified atom stereocenters. The van der Waals surface area contributed by atoms with Crippen LogP contribution >= 0.6 is 15.0 Å². The smallest absolute Gasteiger partial charge is 0.0551 e. The fourth-order valence-electron chi connectivity index (χ4n) is 4.75. The third kappa shape index (κ3) is 5.29. The SMILES string of the molecule is CC(CP(c1ccccc1)c1ccccc1)N=P(c1ccccc1)(c1ccccc1)c1ccccc1. The third-order valence-corrected chi connectivity index (χ3v) is 13.0. The van der Waals surface area contributed by atoms with Crippen molar-refractivity contribution in [1.82, 2.24) is 0 Å². The molecule has 178 valence electrons. The van der Waals surface area contributed by atoms with Crippen molar-refractivity contribution in [1.29, 1.82) is 0 Å². The van der Waals surface area contributed by atoms with Crippen LogP contribution in [0.3, 0.4) is 0 Å². The van der Waals surface area contributed by atoms with E-state index in [0.29, 0.717) is 0 Å². The molecule has 1 nitrogen and oxygen atoms in total. The van der Waals surface area contributed by atoms with Gasteiger partial charge in [-0.25, -0.2) is 0 Å². The normalized spacial score (nSPS) is 12.3. The molecule has 0 bridgehead atoms. The number of nitrogens with zero attached hydrogens (tertiary/aromatic N) is 1. The summed E-state index contributed by atoms with van der Waals surface area (Å²) < 4.78 is 5.84. The van der Waals surface area contributed by atoms with Gasteiger partial charge in [-0.05, 0) is 31.6 Å². The van der Waals surface area contributed by atoms with Crippen molar-refractivity contribution in [3.05, 3.63) is 152 Å². The molecule has 0 aliphatic heterocycles. The third-order valence-electron chi connectivity index (χ3n) is 6.34. The molecular weight excluding hydrogens is 472 g/mol. The number of rotatable bonds is 8. The molecule has 36 heavy (non-hydrogen) atoms. The van der Waals surface area contributed by atoms with Crippen LogP contribution in [0.1, 0.15) is 6.92 Å². The monoisotopic (exact) mass is 503 g/mol. The molecule has 0 N–H and O–H groups in total. The highest BCUT2D eigenvalue weighted by Crippen LogP contribution is 2.48. The molecule has 1 atom stereocenters. The van der Waals surface area contributed by atoms with E-state index in [-0.39, 0.29) is 6.04 Å². The summed E-state index contributed by atoms with van der Waals surface area (Å²) in [7, 11) is -2.74. The van der Waals surface area contributed by atoms with Gasteiger partial charge in [0.15, 0.2) is 0 Å². The van der Waals surface area contributed by atoms with Gasteiger partial charge in [0.05, 0.1) is 13.1 Å². The Morgan fingerprint density at radius 2 is 0.806 bits per heavy atom. The second kappa shape index (κ2) is 11.7. The number of hydrogen-bond donors (Lipinski definition) is 0. The van der Waals surface area contributed by atoms with Gasteiger partial charge in [0.2, 0.25) is 0 Å². The molecule has 0 saturated heterocycles. The van der Waals surface area contributed by atoms with Gasteiger partial charge in [-0.3, -0.25) is 4.74 Å². The van der Waals surface area contributed by atoms with E-state index in [0.717, 1.165) is 6.16 Å². The van der Waals surface area contributed by atoms with Crippen LogP contribution in [-0.2, 0) is 0 Å². The first-order valence-electron chi connectivity index (χ1n) is 12.4. The zero-order valence-electron chi connectivity index (χ0n) is 20.6. The van der Waals surface area contributed by atoms with Gasteiger partial charge < -0.3 is 0 Å². The fraction of sp³-hybridized carbons (Fsp3) is 0.0909. The summed E-state index contributed by atoms with van der Waals surface area (Å²) >= 11 is 0. The van der Waals surface area contributed by atoms with Crippen molar-refractivity contribution in [2.24, 2.45) is 4.74 Å². The van der Waals surface area contributed by atoms with E-state index in [1.807, 2.05) is 0 Å². The van der Waals surface area contributed by atoms with Crippen LogP contribution < -0.4 is 26.5 Å². The van der Waals surface area contributed by atoms with Crippen LogP contribution in [0, 0.1) is 0 Å². The number of benzene rings is 5. The maximum Gasteiger partial charge on any atom is 0.0551 e. The molecule has 0 radical (unpaired) electrons. The van der Waals surface area contributed by atoms with Crippen molar-refractivity contribution in [2.75, 3.05) is 6.16 Å². The summed E-state index contributed by atoms with van der Waals surface area (Å²) in [4.78, 5) is 0. The van der Waals surface area contributed by atoms with Crippen LogP contribution in [0.2, 0.25) is 0 Å². The van der Waals surface area contributed by atoms with Gasteiger partial charge in [-0.15, -0.1) is 0 Å².